The van der Waals surface area contributed by atoms with Gasteiger partial charge in [-0.3, -0.25) is 4.79 Å². The fraction of sp³-hybridized carbons (Fsp3) is 0.118. The minimum Gasteiger partial charge on any atom is -0.351 e. The minimum atomic E-state index is -0.635. The van der Waals surface area contributed by atoms with E-state index in [-0.39, 0.29) is 5.91 Å². The molecule has 0 saturated carbocycles. The van der Waals surface area contributed by atoms with Gasteiger partial charge in [-0.15, -0.1) is 0 Å². The van der Waals surface area contributed by atoms with Crippen molar-refractivity contribution >= 4 is 23.3 Å². The van der Waals surface area contributed by atoms with E-state index in [1.54, 1.807) is 36.4 Å². The van der Waals surface area contributed by atoms with Gasteiger partial charge in [0.15, 0.2) is 0 Å². The van der Waals surface area contributed by atoms with Crippen LogP contribution >= 0.6 is 0 Å². The average Bonchev–Trinajstić information content (AvgIpc) is 2.55. The fourth-order valence-corrected chi connectivity index (χ4v) is 2.01. The van der Waals surface area contributed by atoms with Crippen LogP contribution in [0.15, 0.2) is 48.5 Å². The van der Waals surface area contributed by atoms with Gasteiger partial charge in [-0.2, -0.15) is 5.26 Å². The highest BCUT2D eigenvalue weighted by Crippen LogP contribution is 2.14. The standard InChI is InChI=1S/C17H16N4O2/c18-11-13-3-1-12(2-4-13)5-10-16(22)20-14-6-8-15(9-7-14)21-17(19)23/h1-4,6-9H,5,10H2,(H,20,22)(H3,19,21,23). The third-order valence-corrected chi connectivity index (χ3v) is 3.16. The number of anilines is 2. The van der Waals surface area contributed by atoms with Gasteiger partial charge in [0.2, 0.25) is 5.91 Å². The Hall–Kier alpha value is -3.33. The average molecular weight is 308 g/mol. The molecule has 0 bridgehead atoms. The zero-order chi connectivity index (χ0) is 16.7. The third-order valence-electron chi connectivity index (χ3n) is 3.16. The topological polar surface area (TPSA) is 108 Å². The lowest BCUT2D eigenvalue weighted by Crippen LogP contribution is -2.19. The number of urea groups is 1. The zero-order valence-electron chi connectivity index (χ0n) is 12.4. The Labute approximate surface area is 133 Å². The number of hydrogen-bond donors (Lipinski definition) is 3. The van der Waals surface area contributed by atoms with Gasteiger partial charge < -0.3 is 16.4 Å². The molecule has 6 heteroatoms. The quantitative estimate of drug-likeness (QED) is 0.790. The molecular weight excluding hydrogens is 292 g/mol. The monoisotopic (exact) mass is 308 g/mol. The lowest BCUT2D eigenvalue weighted by molar-refractivity contribution is -0.116. The normalized spacial score (nSPS) is 9.70. The van der Waals surface area contributed by atoms with Crippen LogP contribution in [0.5, 0.6) is 0 Å². The molecule has 2 aromatic carbocycles. The molecule has 116 valence electrons. The first-order chi connectivity index (χ1) is 11.1. The number of rotatable bonds is 5. The van der Waals surface area contributed by atoms with Gasteiger partial charge in [0.25, 0.3) is 0 Å². The predicted octanol–water partition coefficient (Wildman–Crippen LogP) is 2.62. The molecule has 0 atom stereocenters. The second-order valence-corrected chi connectivity index (χ2v) is 4.92. The largest absolute Gasteiger partial charge is 0.351 e. The van der Waals surface area contributed by atoms with E-state index in [0.717, 1.165) is 5.56 Å². The second kappa shape index (κ2) is 7.61. The van der Waals surface area contributed by atoms with Crippen LogP contribution in [0.3, 0.4) is 0 Å². The molecule has 0 spiro atoms. The molecule has 0 heterocycles. The first-order valence-electron chi connectivity index (χ1n) is 7.02. The number of benzene rings is 2. The summed E-state index contributed by atoms with van der Waals surface area (Å²) in [7, 11) is 0. The summed E-state index contributed by atoms with van der Waals surface area (Å²) in [6.45, 7) is 0. The van der Waals surface area contributed by atoms with Crippen LogP contribution in [-0.4, -0.2) is 11.9 Å². The van der Waals surface area contributed by atoms with E-state index >= 15 is 0 Å². The maximum atomic E-state index is 11.9. The molecule has 0 unspecified atom stereocenters. The number of nitrogens with two attached hydrogens (primary N) is 1. The van der Waals surface area contributed by atoms with Gasteiger partial charge >= 0.3 is 6.03 Å². The van der Waals surface area contributed by atoms with E-state index in [2.05, 4.69) is 16.7 Å². The van der Waals surface area contributed by atoms with Crippen molar-refractivity contribution in [3.63, 3.8) is 0 Å². The molecule has 3 amide bonds. The van der Waals surface area contributed by atoms with Crippen LogP contribution in [0, 0.1) is 11.3 Å². The number of nitrogens with one attached hydrogen (secondary N) is 2. The van der Waals surface area contributed by atoms with E-state index in [1.807, 2.05) is 12.1 Å². The summed E-state index contributed by atoms with van der Waals surface area (Å²) in [5.41, 5.74) is 7.83. The third kappa shape index (κ3) is 5.17. The van der Waals surface area contributed by atoms with Crippen LogP contribution in [0.25, 0.3) is 0 Å². The van der Waals surface area contributed by atoms with Crippen molar-refractivity contribution in [1.29, 1.82) is 5.26 Å². The van der Waals surface area contributed by atoms with E-state index in [4.69, 9.17) is 11.0 Å². The summed E-state index contributed by atoms with van der Waals surface area (Å²) >= 11 is 0. The highest BCUT2D eigenvalue weighted by molar-refractivity contribution is 5.92. The van der Waals surface area contributed by atoms with Crippen molar-refractivity contribution in [1.82, 2.24) is 0 Å². The molecule has 0 radical (unpaired) electrons. The van der Waals surface area contributed by atoms with Crippen LogP contribution in [0.4, 0.5) is 16.2 Å². The van der Waals surface area contributed by atoms with E-state index in [1.165, 1.54) is 0 Å². The number of carbonyl (C=O) groups excluding carboxylic acids is 2. The minimum absolute atomic E-state index is 0.107. The first-order valence-corrected chi connectivity index (χ1v) is 7.02. The fourth-order valence-electron chi connectivity index (χ4n) is 2.01. The number of amides is 3. The lowest BCUT2D eigenvalue weighted by atomic mass is 10.1. The number of nitriles is 1. The van der Waals surface area contributed by atoms with E-state index < -0.39 is 6.03 Å². The SMILES string of the molecule is N#Cc1ccc(CCC(=O)Nc2ccc(NC(N)=O)cc2)cc1. The maximum Gasteiger partial charge on any atom is 0.316 e. The van der Waals surface area contributed by atoms with Crippen LogP contribution in [-0.2, 0) is 11.2 Å². The van der Waals surface area contributed by atoms with Crippen LogP contribution in [0.1, 0.15) is 17.5 Å². The maximum absolute atomic E-state index is 11.9. The van der Waals surface area contributed by atoms with Gasteiger partial charge in [0, 0.05) is 17.8 Å². The Morgan fingerprint density at radius 1 is 0.957 bits per heavy atom. The Morgan fingerprint density at radius 2 is 1.52 bits per heavy atom. The zero-order valence-corrected chi connectivity index (χ0v) is 12.4. The molecule has 4 N–H and O–H groups in total. The number of aryl methyl sites for hydroxylation is 1. The van der Waals surface area contributed by atoms with Crippen LogP contribution in [0.2, 0.25) is 0 Å². The Morgan fingerprint density at radius 3 is 2.04 bits per heavy atom. The summed E-state index contributed by atoms with van der Waals surface area (Å²) in [5.74, 6) is -0.107. The molecule has 6 nitrogen and oxygen atoms in total. The Bertz CT molecular complexity index is 731. The van der Waals surface area contributed by atoms with E-state index in [9.17, 15) is 9.59 Å². The Kier molecular flexibility index (Phi) is 5.31. The number of primary amides is 1. The number of nitrogens with zero attached hydrogens (tertiary/aromatic N) is 1. The molecule has 0 aliphatic carbocycles. The van der Waals surface area contributed by atoms with Crippen molar-refractivity contribution in [2.24, 2.45) is 5.73 Å². The number of hydrogen-bond acceptors (Lipinski definition) is 3. The van der Waals surface area contributed by atoms with Crippen molar-refractivity contribution in [3.05, 3.63) is 59.7 Å². The van der Waals surface area contributed by atoms with Crippen molar-refractivity contribution in [2.45, 2.75) is 12.8 Å². The molecular formula is C17H16N4O2. The molecule has 2 rings (SSSR count). The summed E-state index contributed by atoms with van der Waals surface area (Å²) in [5, 5.41) is 14.0. The summed E-state index contributed by atoms with van der Waals surface area (Å²) in [6.07, 6.45) is 0.937. The molecule has 0 aliphatic rings. The molecule has 0 aliphatic heterocycles. The van der Waals surface area contributed by atoms with Gasteiger partial charge in [0.05, 0.1) is 11.6 Å². The second-order valence-electron chi connectivity index (χ2n) is 4.92. The van der Waals surface area contributed by atoms with Crippen molar-refractivity contribution in [3.8, 4) is 6.07 Å². The molecule has 2 aromatic rings. The molecule has 0 saturated heterocycles. The summed E-state index contributed by atoms with van der Waals surface area (Å²) < 4.78 is 0. The molecule has 0 fully saturated rings. The van der Waals surface area contributed by atoms with E-state index in [0.29, 0.717) is 29.8 Å². The van der Waals surface area contributed by atoms with Gasteiger partial charge in [0.1, 0.15) is 0 Å². The summed E-state index contributed by atoms with van der Waals surface area (Å²) in [4.78, 5) is 22.6. The Balaban J connectivity index is 1.84. The highest BCUT2D eigenvalue weighted by atomic mass is 16.2. The van der Waals surface area contributed by atoms with Gasteiger partial charge in [-0.05, 0) is 48.4 Å². The molecule has 0 aromatic heterocycles. The lowest BCUT2D eigenvalue weighted by Gasteiger charge is -2.07. The predicted molar refractivity (Wildman–Crippen MR) is 87.8 cm³/mol. The van der Waals surface area contributed by atoms with Gasteiger partial charge in [-0.25, -0.2) is 4.79 Å². The van der Waals surface area contributed by atoms with Crippen molar-refractivity contribution in [2.75, 3.05) is 10.6 Å². The summed E-state index contributed by atoms with van der Waals surface area (Å²) in [6, 6.07) is 15.3. The smallest absolute Gasteiger partial charge is 0.316 e. The number of carbonyl (C=O) groups is 2. The molecule has 23 heavy (non-hydrogen) atoms. The van der Waals surface area contributed by atoms with Crippen LogP contribution < -0.4 is 16.4 Å². The highest BCUT2D eigenvalue weighted by Gasteiger charge is 2.04. The van der Waals surface area contributed by atoms with Gasteiger partial charge in [-0.1, -0.05) is 12.1 Å². The first kappa shape index (κ1) is 16.0. The van der Waals surface area contributed by atoms with Crippen molar-refractivity contribution < 1.29 is 9.59 Å².